The van der Waals surface area contributed by atoms with E-state index in [1.807, 2.05) is 0 Å². The van der Waals surface area contributed by atoms with Gasteiger partial charge >= 0.3 is 0 Å². The first-order chi connectivity index (χ1) is 4.56. The molecule has 0 aromatic carbocycles. The van der Waals surface area contributed by atoms with Crippen LogP contribution in [0.1, 0.15) is 20.3 Å². The lowest BCUT2D eigenvalue weighted by Crippen LogP contribution is -1.85. The van der Waals surface area contributed by atoms with E-state index >= 15 is 0 Å². The van der Waals surface area contributed by atoms with Gasteiger partial charge in [-0.1, -0.05) is 19.9 Å². The highest BCUT2D eigenvalue weighted by Gasteiger charge is 2.43. The van der Waals surface area contributed by atoms with Crippen LogP contribution in [0.15, 0.2) is 9.66 Å². The summed E-state index contributed by atoms with van der Waals surface area (Å²) in [6.07, 6.45) is 3.31. The summed E-state index contributed by atoms with van der Waals surface area (Å²) in [6, 6.07) is 2.12. The second-order valence-electron chi connectivity index (χ2n) is 3.43. The van der Waals surface area contributed by atoms with Gasteiger partial charge in [0.1, 0.15) is 6.07 Å². The van der Waals surface area contributed by atoms with Gasteiger partial charge in [-0.05, 0) is 40.3 Å². The monoisotopic (exact) mass is 247 g/mol. The number of nitrogens with zero attached hydrogens (tertiary/aromatic N) is 1. The Bertz CT molecular complexity index is 210. The number of allylic oxidation sites excluding steroid dienone is 2. The molecule has 0 saturated heterocycles. The topological polar surface area (TPSA) is 23.8 Å². The molecule has 0 bridgehead atoms. The number of rotatable bonds is 1. The molecule has 1 unspecified atom stereocenters. The lowest BCUT2D eigenvalue weighted by molar-refractivity contribution is 0.610. The molecule has 0 aliphatic heterocycles. The molecule has 0 heterocycles. The van der Waals surface area contributed by atoms with Crippen molar-refractivity contribution in [1.82, 2.24) is 0 Å². The maximum Gasteiger partial charge on any atom is 0.105 e. The van der Waals surface area contributed by atoms with Crippen LogP contribution in [-0.2, 0) is 0 Å². The van der Waals surface area contributed by atoms with E-state index in [1.165, 1.54) is 6.42 Å². The fourth-order valence-electron chi connectivity index (χ4n) is 1.01. The minimum absolute atomic E-state index is 0.466. The Morgan fingerprint density at radius 1 is 1.80 bits per heavy atom. The van der Waals surface area contributed by atoms with Crippen molar-refractivity contribution in [3.05, 3.63) is 9.66 Å². The molecule has 1 aliphatic carbocycles. The molecule has 2 heteroatoms. The first-order valence-corrected chi connectivity index (χ1v) is 4.41. The first kappa shape index (κ1) is 8.06. The van der Waals surface area contributed by atoms with Crippen LogP contribution in [0.25, 0.3) is 0 Å². The maximum absolute atomic E-state index is 8.46. The molecule has 0 N–H and O–H groups in total. The minimum Gasteiger partial charge on any atom is -0.192 e. The number of halogens is 1. The van der Waals surface area contributed by atoms with Crippen LogP contribution in [0.4, 0.5) is 0 Å². The zero-order valence-corrected chi connectivity index (χ0v) is 8.34. The van der Waals surface area contributed by atoms with Gasteiger partial charge in [0.15, 0.2) is 0 Å². The van der Waals surface area contributed by atoms with Gasteiger partial charge in [0.25, 0.3) is 0 Å². The highest BCUT2D eigenvalue weighted by Crippen LogP contribution is 2.53. The highest BCUT2D eigenvalue weighted by molar-refractivity contribution is 14.1. The average molecular weight is 247 g/mol. The average Bonchev–Trinajstić information content (AvgIpc) is 2.40. The van der Waals surface area contributed by atoms with Crippen molar-refractivity contribution in [2.75, 3.05) is 0 Å². The molecule has 0 radical (unpaired) electrons. The molecule has 54 valence electrons. The van der Waals surface area contributed by atoms with Gasteiger partial charge < -0.3 is 0 Å². The third-order valence-corrected chi connectivity index (χ3v) is 2.64. The second-order valence-corrected chi connectivity index (χ2v) is 4.59. The molecule has 0 amide bonds. The first-order valence-electron chi connectivity index (χ1n) is 3.34. The van der Waals surface area contributed by atoms with Crippen LogP contribution in [0.3, 0.4) is 0 Å². The van der Waals surface area contributed by atoms with Gasteiger partial charge in [-0.3, -0.25) is 0 Å². The molecule has 1 fully saturated rings. The van der Waals surface area contributed by atoms with E-state index < -0.39 is 0 Å². The zero-order chi connectivity index (χ0) is 7.78. The molecule has 10 heavy (non-hydrogen) atoms. The van der Waals surface area contributed by atoms with E-state index in [0.717, 1.165) is 3.58 Å². The van der Waals surface area contributed by atoms with Gasteiger partial charge in [-0.25, -0.2) is 0 Å². The van der Waals surface area contributed by atoms with Gasteiger partial charge in [0.2, 0.25) is 0 Å². The Hall–Kier alpha value is -0.0400. The van der Waals surface area contributed by atoms with Crippen molar-refractivity contribution >= 4 is 22.6 Å². The number of hydrogen-bond acceptors (Lipinski definition) is 1. The smallest absolute Gasteiger partial charge is 0.105 e. The van der Waals surface area contributed by atoms with E-state index in [-0.39, 0.29) is 0 Å². The largest absolute Gasteiger partial charge is 0.192 e. The van der Waals surface area contributed by atoms with E-state index in [0.29, 0.717) is 11.3 Å². The Morgan fingerprint density at radius 3 is 2.60 bits per heavy atom. The molecule has 1 atom stereocenters. The van der Waals surface area contributed by atoms with Crippen molar-refractivity contribution in [3.8, 4) is 6.07 Å². The van der Waals surface area contributed by atoms with Crippen molar-refractivity contribution in [3.63, 3.8) is 0 Å². The molecular weight excluding hydrogens is 237 g/mol. The molecule has 1 saturated carbocycles. The molecule has 0 spiro atoms. The summed E-state index contributed by atoms with van der Waals surface area (Å²) in [5, 5.41) is 8.46. The zero-order valence-electron chi connectivity index (χ0n) is 6.19. The molecule has 0 aromatic heterocycles. The Morgan fingerprint density at radius 2 is 2.30 bits per heavy atom. The van der Waals surface area contributed by atoms with Gasteiger partial charge in [-0.2, -0.15) is 5.26 Å². The normalized spacial score (nSPS) is 29.4. The van der Waals surface area contributed by atoms with Gasteiger partial charge in [0.05, 0.1) is 3.58 Å². The predicted octanol–water partition coefficient (Wildman–Crippen LogP) is 2.87. The number of nitriles is 1. The summed E-state index contributed by atoms with van der Waals surface area (Å²) in [5.41, 5.74) is 0.466. The lowest BCUT2D eigenvalue weighted by atomic mass is 10.1. The second kappa shape index (κ2) is 2.54. The van der Waals surface area contributed by atoms with Crippen molar-refractivity contribution < 1.29 is 0 Å². The summed E-state index contributed by atoms with van der Waals surface area (Å²) in [4.78, 5) is 0. The lowest BCUT2D eigenvalue weighted by Gasteiger charge is -1.95. The summed E-state index contributed by atoms with van der Waals surface area (Å²) in [7, 11) is 0. The summed E-state index contributed by atoms with van der Waals surface area (Å²) >= 11 is 2.08. The molecular formula is C8H10IN. The van der Waals surface area contributed by atoms with E-state index in [4.69, 9.17) is 5.26 Å². The third-order valence-electron chi connectivity index (χ3n) is 2.04. The molecule has 1 aliphatic rings. The Balaban J connectivity index is 2.52. The van der Waals surface area contributed by atoms with Crippen LogP contribution >= 0.6 is 22.6 Å². The van der Waals surface area contributed by atoms with Crippen molar-refractivity contribution in [2.45, 2.75) is 20.3 Å². The van der Waals surface area contributed by atoms with Crippen LogP contribution in [0.2, 0.25) is 0 Å². The third kappa shape index (κ3) is 1.72. The minimum atomic E-state index is 0.466. The van der Waals surface area contributed by atoms with Crippen LogP contribution < -0.4 is 0 Å². The Kier molecular flexibility index (Phi) is 2.04. The molecule has 1 nitrogen and oxygen atoms in total. The van der Waals surface area contributed by atoms with E-state index in [1.54, 1.807) is 0 Å². The van der Waals surface area contributed by atoms with Gasteiger partial charge in [-0.15, -0.1) is 0 Å². The van der Waals surface area contributed by atoms with Crippen molar-refractivity contribution in [2.24, 2.45) is 11.3 Å². The maximum atomic E-state index is 8.46. The fraction of sp³-hybridized carbons (Fsp3) is 0.625. The summed E-state index contributed by atoms with van der Waals surface area (Å²) in [5.74, 6) is 0.652. The SMILES string of the molecule is CC1(C)CC1/C=C(/I)C#N. The number of hydrogen-bond donors (Lipinski definition) is 0. The predicted molar refractivity (Wildman–Crippen MR) is 49.6 cm³/mol. The Labute approximate surface area is 75.3 Å². The fourth-order valence-corrected chi connectivity index (χ4v) is 1.44. The highest BCUT2D eigenvalue weighted by atomic mass is 127. The summed E-state index contributed by atoms with van der Waals surface area (Å²) in [6.45, 7) is 4.46. The standard InChI is InChI=1S/C8H10IN/c1-8(2)4-6(8)3-7(9)5-10/h3,6H,4H2,1-2H3/b7-3+. The van der Waals surface area contributed by atoms with Crippen LogP contribution in [-0.4, -0.2) is 0 Å². The van der Waals surface area contributed by atoms with Crippen LogP contribution in [0, 0.1) is 22.7 Å². The van der Waals surface area contributed by atoms with Crippen molar-refractivity contribution in [1.29, 1.82) is 5.26 Å². The van der Waals surface area contributed by atoms with E-state index in [9.17, 15) is 0 Å². The molecule has 1 rings (SSSR count). The van der Waals surface area contributed by atoms with Crippen LogP contribution in [0.5, 0.6) is 0 Å². The molecule has 0 aromatic rings. The summed E-state index contributed by atoms with van der Waals surface area (Å²) < 4.78 is 0.827. The van der Waals surface area contributed by atoms with E-state index in [2.05, 4.69) is 48.6 Å². The van der Waals surface area contributed by atoms with Gasteiger partial charge in [0, 0.05) is 0 Å². The quantitative estimate of drug-likeness (QED) is 0.516.